The number of rotatable bonds is 7. The van der Waals surface area contributed by atoms with E-state index in [1.807, 2.05) is 57.1 Å². The minimum absolute atomic E-state index is 0.191. The maximum atomic E-state index is 12.7. The van der Waals surface area contributed by atoms with Crippen LogP contribution in [0, 0.1) is 6.92 Å². The van der Waals surface area contributed by atoms with Crippen LogP contribution < -0.4 is 4.72 Å². The highest BCUT2D eigenvalue weighted by Gasteiger charge is 2.24. The first-order valence-corrected chi connectivity index (χ1v) is 9.07. The third kappa shape index (κ3) is 4.40. The molecule has 0 bridgehead atoms. The molecule has 0 aliphatic carbocycles. The summed E-state index contributed by atoms with van der Waals surface area (Å²) in [6.45, 7) is 5.11. The van der Waals surface area contributed by atoms with Crippen LogP contribution in [0.1, 0.15) is 24.1 Å². The fourth-order valence-corrected chi connectivity index (χ4v) is 3.61. The van der Waals surface area contributed by atoms with Crippen molar-refractivity contribution in [3.05, 3.63) is 47.8 Å². The van der Waals surface area contributed by atoms with Crippen molar-refractivity contribution in [1.82, 2.24) is 19.4 Å². The van der Waals surface area contributed by atoms with Crippen LogP contribution in [0.25, 0.3) is 0 Å². The van der Waals surface area contributed by atoms with Gasteiger partial charge in [0, 0.05) is 19.3 Å². The van der Waals surface area contributed by atoms with Crippen LogP contribution in [0.4, 0.5) is 0 Å². The van der Waals surface area contributed by atoms with Gasteiger partial charge < -0.3 is 4.90 Å². The van der Waals surface area contributed by atoms with Gasteiger partial charge >= 0.3 is 0 Å². The smallest absolute Gasteiger partial charge is 0.244 e. The average Bonchev–Trinajstić information content (AvgIpc) is 2.96. The normalized spacial score (nSPS) is 13.4. The van der Waals surface area contributed by atoms with Gasteiger partial charge in [0.15, 0.2) is 0 Å². The Morgan fingerprint density at radius 3 is 2.57 bits per heavy atom. The van der Waals surface area contributed by atoms with Crippen molar-refractivity contribution in [1.29, 1.82) is 0 Å². The molecule has 0 amide bonds. The van der Waals surface area contributed by atoms with Crippen LogP contribution in [0.2, 0.25) is 0 Å². The Bertz CT molecular complexity index is 753. The van der Waals surface area contributed by atoms with Crippen LogP contribution in [0.5, 0.6) is 0 Å². The molecule has 1 heterocycles. The maximum Gasteiger partial charge on any atom is 0.244 e. The number of nitrogens with one attached hydrogen (secondary N) is 1. The Balaban J connectivity index is 2.32. The molecule has 126 valence electrons. The van der Waals surface area contributed by atoms with Crippen LogP contribution in [0.15, 0.2) is 41.6 Å². The van der Waals surface area contributed by atoms with Gasteiger partial charge in [-0.3, -0.25) is 4.68 Å². The van der Waals surface area contributed by atoms with Crippen molar-refractivity contribution in [3.8, 4) is 0 Å². The summed E-state index contributed by atoms with van der Waals surface area (Å²) in [5.41, 5.74) is 2.04. The van der Waals surface area contributed by atoms with E-state index in [1.54, 1.807) is 10.9 Å². The lowest BCUT2D eigenvalue weighted by molar-refractivity contribution is 0.362. The highest BCUT2D eigenvalue weighted by Crippen LogP contribution is 2.21. The SMILES string of the molecule is CCn1cc(S(=O)(=O)NC(CN(C)C)c2ccccc2C)cn1. The van der Waals surface area contributed by atoms with Gasteiger partial charge in [-0.05, 0) is 39.1 Å². The van der Waals surface area contributed by atoms with Gasteiger partial charge in [-0.1, -0.05) is 24.3 Å². The summed E-state index contributed by atoms with van der Waals surface area (Å²) in [6, 6.07) is 7.50. The predicted octanol–water partition coefficient (Wildman–Crippen LogP) is 1.79. The molecule has 7 heteroatoms. The van der Waals surface area contributed by atoms with E-state index in [1.165, 1.54) is 6.20 Å². The quantitative estimate of drug-likeness (QED) is 0.837. The minimum atomic E-state index is -3.62. The zero-order valence-corrected chi connectivity index (χ0v) is 14.8. The van der Waals surface area contributed by atoms with E-state index in [0.29, 0.717) is 13.1 Å². The lowest BCUT2D eigenvalue weighted by Crippen LogP contribution is -2.35. The fraction of sp³-hybridized carbons (Fsp3) is 0.438. The molecule has 1 aromatic carbocycles. The molecule has 0 spiro atoms. The summed E-state index contributed by atoms with van der Waals surface area (Å²) in [4.78, 5) is 2.16. The van der Waals surface area contributed by atoms with Gasteiger partial charge in [-0.2, -0.15) is 5.10 Å². The van der Waals surface area contributed by atoms with Crippen molar-refractivity contribution in [2.75, 3.05) is 20.6 Å². The molecule has 1 aromatic heterocycles. The minimum Gasteiger partial charge on any atom is -0.307 e. The van der Waals surface area contributed by atoms with Crippen molar-refractivity contribution >= 4 is 10.0 Å². The van der Waals surface area contributed by atoms with E-state index >= 15 is 0 Å². The van der Waals surface area contributed by atoms with Gasteiger partial charge in [0.05, 0.1) is 12.2 Å². The van der Waals surface area contributed by atoms with E-state index in [9.17, 15) is 8.42 Å². The van der Waals surface area contributed by atoms with Gasteiger partial charge in [-0.25, -0.2) is 13.1 Å². The molecule has 2 rings (SSSR count). The number of benzene rings is 1. The number of nitrogens with zero attached hydrogens (tertiary/aromatic N) is 3. The Labute approximate surface area is 138 Å². The zero-order valence-electron chi connectivity index (χ0n) is 14.0. The monoisotopic (exact) mass is 336 g/mol. The molecular formula is C16H24N4O2S. The van der Waals surface area contributed by atoms with Crippen molar-refractivity contribution in [3.63, 3.8) is 0 Å². The summed E-state index contributed by atoms with van der Waals surface area (Å²) < 4.78 is 29.7. The van der Waals surface area contributed by atoms with Gasteiger partial charge in [0.25, 0.3) is 0 Å². The maximum absolute atomic E-state index is 12.7. The lowest BCUT2D eigenvalue weighted by Gasteiger charge is -2.23. The molecule has 2 aromatic rings. The van der Waals surface area contributed by atoms with E-state index < -0.39 is 10.0 Å². The van der Waals surface area contributed by atoms with Crippen LogP contribution >= 0.6 is 0 Å². The van der Waals surface area contributed by atoms with Crippen LogP contribution in [0.3, 0.4) is 0 Å². The third-order valence-electron chi connectivity index (χ3n) is 3.65. The number of hydrogen-bond donors (Lipinski definition) is 1. The van der Waals surface area contributed by atoms with Gasteiger partial charge in [-0.15, -0.1) is 0 Å². The number of aryl methyl sites for hydroxylation is 2. The highest BCUT2D eigenvalue weighted by atomic mass is 32.2. The third-order valence-corrected chi connectivity index (χ3v) is 5.08. The number of aromatic nitrogens is 2. The highest BCUT2D eigenvalue weighted by molar-refractivity contribution is 7.89. The predicted molar refractivity (Wildman–Crippen MR) is 90.7 cm³/mol. The molecule has 1 N–H and O–H groups in total. The first-order chi connectivity index (χ1) is 10.8. The summed E-state index contributed by atoms with van der Waals surface area (Å²) in [5, 5.41) is 4.05. The summed E-state index contributed by atoms with van der Waals surface area (Å²) in [5.74, 6) is 0. The van der Waals surface area contributed by atoms with E-state index in [4.69, 9.17) is 0 Å². The molecule has 23 heavy (non-hydrogen) atoms. The van der Waals surface area contributed by atoms with E-state index in [2.05, 4.69) is 9.82 Å². The molecule has 1 atom stereocenters. The number of sulfonamides is 1. The second kappa shape index (κ2) is 7.25. The van der Waals surface area contributed by atoms with Crippen molar-refractivity contribution < 1.29 is 8.42 Å². The number of likely N-dealkylation sites (N-methyl/N-ethyl adjacent to an activating group) is 1. The average molecular weight is 336 g/mol. The second-order valence-electron chi connectivity index (χ2n) is 5.82. The van der Waals surface area contributed by atoms with Gasteiger partial charge in [0.2, 0.25) is 10.0 Å². The first kappa shape index (κ1) is 17.7. The lowest BCUT2D eigenvalue weighted by atomic mass is 10.0. The molecule has 0 saturated carbocycles. The zero-order chi connectivity index (χ0) is 17.0. The number of hydrogen-bond acceptors (Lipinski definition) is 4. The molecule has 6 nitrogen and oxygen atoms in total. The molecular weight excluding hydrogens is 312 g/mol. The van der Waals surface area contributed by atoms with E-state index in [-0.39, 0.29) is 10.9 Å². The summed E-state index contributed by atoms with van der Waals surface area (Å²) >= 11 is 0. The molecule has 0 aliphatic heterocycles. The Morgan fingerprint density at radius 1 is 1.30 bits per heavy atom. The topological polar surface area (TPSA) is 67.2 Å². The van der Waals surface area contributed by atoms with Crippen molar-refractivity contribution in [2.24, 2.45) is 0 Å². The van der Waals surface area contributed by atoms with Crippen LogP contribution in [-0.4, -0.2) is 43.7 Å². The van der Waals surface area contributed by atoms with Crippen LogP contribution in [-0.2, 0) is 16.6 Å². The fourth-order valence-electron chi connectivity index (χ4n) is 2.45. The van der Waals surface area contributed by atoms with Crippen molar-refractivity contribution in [2.45, 2.75) is 31.3 Å². The molecule has 0 fully saturated rings. The first-order valence-electron chi connectivity index (χ1n) is 7.58. The Morgan fingerprint density at radius 2 is 2.00 bits per heavy atom. The molecule has 0 radical (unpaired) electrons. The standard InChI is InChI=1S/C16H24N4O2S/c1-5-20-11-14(10-17-20)23(21,22)18-16(12-19(3)4)15-9-7-6-8-13(15)2/h6-11,16,18H,5,12H2,1-4H3. The molecule has 1 unspecified atom stereocenters. The largest absolute Gasteiger partial charge is 0.307 e. The Kier molecular flexibility index (Phi) is 5.56. The Hall–Kier alpha value is -1.70. The summed E-state index contributed by atoms with van der Waals surface area (Å²) in [7, 11) is 0.231. The molecule has 0 saturated heterocycles. The second-order valence-corrected chi connectivity index (χ2v) is 7.54. The molecule has 0 aliphatic rings. The summed E-state index contributed by atoms with van der Waals surface area (Å²) in [6.07, 6.45) is 2.93. The van der Waals surface area contributed by atoms with E-state index in [0.717, 1.165) is 11.1 Å². The van der Waals surface area contributed by atoms with Gasteiger partial charge in [0.1, 0.15) is 4.90 Å².